The standard InChI is InChI=1S/C20H29ClN2O3/c1-12(2)6-7-26-19-17(21)8-13(9-18(19)25-3)20(24)23-16-10-14-4-5-15(11-16)22-14/h8-9,12,14-16,22H,4-7,10-11H2,1-3H3,(H,23,24). The van der Waals surface area contributed by atoms with Crippen LogP contribution < -0.4 is 20.1 Å². The Balaban J connectivity index is 1.67. The third-order valence-corrected chi connectivity index (χ3v) is 5.52. The van der Waals surface area contributed by atoms with Crippen LogP contribution in [0.4, 0.5) is 0 Å². The molecule has 2 heterocycles. The largest absolute Gasteiger partial charge is 0.493 e. The molecular formula is C20H29ClN2O3. The third-order valence-electron chi connectivity index (χ3n) is 5.24. The van der Waals surface area contributed by atoms with Gasteiger partial charge in [-0.1, -0.05) is 25.4 Å². The molecule has 0 aromatic heterocycles. The van der Waals surface area contributed by atoms with E-state index in [4.69, 9.17) is 21.1 Å². The molecule has 0 aliphatic carbocycles. The van der Waals surface area contributed by atoms with Crippen LogP contribution in [0.25, 0.3) is 0 Å². The number of piperidine rings is 1. The maximum absolute atomic E-state index is 12.7. The summed E-state index contributed by atoms with van der Waals surface area (Å²) in [5, 5.41) is 7.15. The number of ether oxygens (including phenoxy) is 2. The van der Waals surface area contributed by atoms with Gasteiger partial charge in [-0.15, -0.1) is 0 Å². The van der Waals surface area contributed by atoms with Crippen LogP contribution in [-0.2, 0) is 0 Å². The fourth-order valence-electron chi connectivity index (χ4n) is 3.83. The summed E-state index contributed by atoms with van der Waals surface area (Å²) >= 11 is 6.38. The molecule has 0 radical (unpaired) electrons. The van der Waals surface area contributed by atoms with Gasteiger partial charge in [0.2, 0.25) is 0 Å². The molecule has 144 valence electrons. The van der Waals surface area contributed by atoms with Crippen molar-refractivity contribution in [2.45, 2.75) is 64.1 Å². The monoisotopic (exact) mass is 380 g/mol. The normalized spacial score (nSPS) is 24.6. The molecule has 6 heteroatoms. The summed E-state index contributed by atoms with van der Waals surface area (Å²) in [6.45, 7) is 4.85. The van der Waals surface area contributed by atoms with Crippen LogP contribution in [-0.4, -0.2) is 37.7 Å². The molecule has 2 fully saturated rings. The van der Waals surface area contributed by atoms with Gasteiger partial charge < -0.3 is 20.1 Å². The zero-order valence-corrected chi connectivity index (χ0v) is 16.6. The summed E-state index contributed by atoms with van der Waals surface area (Å²) in [7, 11) is 1.56. The number of carbonyl (C=O) groups excluding carboxylic acids is 1. The molecule has 2 bridgehead atoms. The molecule has 5 nitrogen and oxygen atoms in total. The lowest BCUT2D eigenvalue weighted by molar-refractivity contribution is 0.0923. The highest BCUT2D eigenvalue weighted by Gasteiger charge is 2.34. The van der Waals surface area contributed by atoms with Crippen molar-refractivity contribution in [1.29, 1.82) is 0 Å². The number of nitrogens with one attached hydrogen (secondary N) is 2. The first-order valence-corrected chi connectivity index (χ1v) is 9.91. The maximum atomic E-state index is 12.7. The SMILES string of the molecule is COc1cc(C(=O)NC2CC3CCC(C2)N3)cc(Cl)c1OCCC(C)C. The molecule has 2 aliphatic rings. The lowest BCUT2D eigenvalue weighted by atomic mass is 9.99. The first-order chi connectivity index (χ1) is 12.5. The van der Waals surface area contributed by atoms with Crippen molar-refractivity contribution in [3.8, 4) is 11.5 Å². The predicted molar refractivity (Wildman–Crippen MR) is 103 cm³/mol. The van der Waals surface area contributed by atoms with E-state index in [1.165, 1.54) is 12.8 Å². The highest BCUT2D eigenvalue weighted by Crippen LogP contribution is 2.37. The van der Waals surface area contributed by atoms with Gasteiger partial charge in [0, 0.05) is 23.7 Å². The van der Waals surface area contributed by atoms with Crippen LogP contribution in [0.2, 0.25) is 5.02 Å². The average molecular weight is 381 g/mol. The Morgan fingerprint density at radius 3 is 2.62 bits per heavy atom. The van der Waals surface area contributed by atoms with E-state index < -0.39 is 0 Å². The summed E-state index contributed by atoms with van der Waals surface area (Å²) < 4.78 is 11.2. The van der Waals surface area contributed by atoms with Crippen molar-refractivity contribution < 1.29 is 14.3 Å². The van der Waals surface area contributed by atoms with E-state index in [0.29, 0.717) is 46.7 Å². The first-order valence-electron chi connectivity index (χ1n) is 9.53. The van der Waals surface area contributed by atoms with Crippen LogP contribution >= 0.6 is 11.6 Å². The smallest absolute Gasteiger partial charge is 0.251 e. The van der Waals surface area contributed by atoms with Gasteiger partial charge in [0.25, 0.3) is 5.91 Å². The van der Waals surface area contributed by atoms with Crippen molar-refractivity contribution in [3.05, 3.63) is 22.7 Å². The molecule has 2 atom stereocenters. The number of hydrogen-bond donors (Lipinski definition) is 2. The van der Waals surface area contributed by atoms with Gasteiger partial charge >= 0.3 is 0 Å². The van der Waals surface area contributed by atoms with E-state index in [2.05, 4.69) is 24.5 Å². The molecule has 2 aliphatic heterocycles. The fourth-order valence-corrected chi connectivity index (χ4v) is 4.10. The molecule has 1 amide bonds. The second-order valence-corrected chi connectivity index (χ2v) is 8.21. The molecule has 0 saturated carbocycles. The van der Waals surface area contributed by atoms with Crippen LogP contribution in [0.5, 0.6) is 11.5 Å². The minimum Gasteiger partial charge on any atom is -0.493 e. The van der Waals surface area contributed by atoms with Crippen molar-refractivity contribution in [2.24, 2.45) is 5.92 Å². The van der Waals surface area contributed by atoms with Crippen molar-refractivity contribution in [3.63, 3.8) is 0 Å². The molecular weight excluding hydrogens is 352 g/mol. The Hall–Kier alpha value is -1.46. The summed E-state index contributed by atoms with van der Waals surface area (Å²) in [4.78, 5) is 12.7. The van der Waals surface area contributed by atoms with E-state index >= 15 is 0 Å². The van der Waals surface area contributed by atoms with Crippen LogP contribution in [0.15, 0.2) is 12.1 Å². The summed E-state index contributed by atoms with van der Waals surface area (Å²) in [6, 6.07) is 4.66. The number of rotatable bonds is 7. The predicted octanol–water partition coefficient (Wildman–Crippen LogP) is 3.79. The van der Waals surface area contributed by atoms with Crippen molar-refractivity contribution in [1.82, 2.24) is 10.6 Å². The Labute approximate surface area is 160 Å². The average Bonchev–Trinajstić information content (AvgIpc) is 2.94. The van der Waals surface area contributed by atoms with E-state index in [1.54, 1.807) is 19.2 Å². The maximum Gasteiger partial charge on any atom is 0.251 e. The number of methoxy groups -OCH3 is 1. The topological polar surface area (TPSA) is 59.6 Å². The Morgan fingerprint density at radius 2 is 2.00 bits per heavy atom. The lowest BCUT2D eigenvalue weighted by Crippen LogP contribution is -2.48. The lowest BCUT2D eigenvalue weighted by Gasteiger charge is -2.29. The third kappa shape index (κ3) is 4.63. The molecule has 26 heavy (non-hydrogen) atoms. The minimum atomic E-state index is -0.106. The molecule has 2 unspecified atom stereocenters. The zero-order chi connectivity index (χ0) is 18.7. The van der Waals surface area contributed by atoms with Crippen molar-refractivity contribution >= 4 is 17.5 Å². The molecule has 0 spiro atoms. The number of amides is 1. The van der Waals surface area contributed by atoms with Crippen LogP contribution in [0.3, 0.4) is 0 Å². The zero-order valence-electron chi connectivity index (χ0n) is 15.8. The second kappa shape index (κ2) is 8.49. The molecule has 2 N–H and O–H groups in total. The number of carbonyl (C=O) groups is 1. The second-order valence-electron chi connectivity index (χ2n) is 7.80. The highest BCUT2D eigenvalue weighted by atomic mass is 35.5. The Kier molecular flexibility index (Phi) is 6.30. The summed E-state index contributed by atoms with van der Waals surface area (Å²) in [6.07, 6.45) is 5.32. The summed E-state index contributed by atoms with van der Waals surface area (Å²) in [5.74, 6) is 1.44. The van der Waals surface area contributed by atoms with Crippen LogP contribution in [0, 0.1) is 5.92 Å². The molecule has 3 rings (SSSR count). The van der Waals surface area contributed by atoms with E-state index in [0.717, 1.165) is 19.3 Å². The van der Waals surface area contributed by atoms with Gasteiger partial charge in [0.1, 0.15) is 0 Å². The molecule has 1 aromatic carbocycles. The van der Waals surface area contributed by atoms with E-state index in [1.807, 2.05) is 0 Å². The van der Waals surface area contributed by atoms with Gasteiger partial charge in [-0.05, 0) is 50.2 Å². The fraction of sp³-hybridized carbons (Fsp3) is 0.650. The van der Waals surface area contributed by atoms with Crippen molar-refractivity contribution in [2.75, 3.05) is 13.7 Å². The molecule has 1 aromatic rings. The van der Waals surface area contributed by atoms with Crippen LogP contribution in [0.1, 0.15) is 56.3 Å². The number of halogens is 1. The molecule has 2 saturated heterocycles. The van der Waals surface area contributed by atoms with E-state index in [9.17, 15) is 4.79 Å². The van der Waals surface area contributed by atoms with Gasteiger partial charge in [-0.2, -0.15) is 0 Å². The first kappa shape index (κ1) is 19.3. The minimum absolute atomic E-state index is 0.106. The Morgan fingerprint density at radius 1 is 1.31 bits per heavy atom. The number of hydrogen-bond acceptors (Lipinski definition) is 4. The van der Waals surface area contributed by atoms with Gasteiger partial charge in [-0.3, -0.25) is 4.79 Å². The summed E-state index contributed by atoms with van der Waals surface area (Å²) in [5.41, 5.74) is 0.508. The number of fused-ring (bicyclic) bond motifs is 2. The Bertz CT molecular complexity index is 638. The quantitative estimate of drug-likeness (QED) is 0.755. The number of benzene rings is 1. The van der Waals surface area contributed by atoms with Gasteiger partial charge in [-0.25, -0.2) is 0 Å². The van der Waals surface area contributed by atoms with Gasteiger partial charge in [0.05, 0.1) is 18.7 Å². The highest BCUT2D eigenvalue weighted by molar-refractivity contribution is 6.32. The van der Waals surface area contributed by atoms with Gasteiger partial charge in [0.15, 0.2) is 11.5 Å². The van der Waals surface area contributed by atoms with E-state index in [-0.39, 0.29) is 11.9 Å².